The Kier molecular flexibility index (Phi) is 0.903. The summed E-state index contributed by atoms with van der Waals surface area (Å²) in [6.07, 6.45) is 0. The van der Waals surface area contributed by atoms with E-state index < -0.39 is 9.17 Å². The molecule has 3 nitrogen and oxygen atoms in total. The first-order chi connectivity index (χ1) is 1.73. The Morgan fingerprint density at radius 2 is 1.75 bits per heavy atom. The maximum atomic E-state index is 8.52. The minimum Gasteiger partial charge on any atom is -0.672 e. The average Bonchev–Trinajstić information content (AvgIpc) is 0.811. The Bertz CT molecular complexity index is 31.8. The quantitative estimate of drug-likeness (QED) is 0.297. The lowest BCUT2D eigenvalue weighted by molar-refractivity contribution is -0.354. The zero-order chi connectivity index (χ0) is 3.58. The zero-order valence-electron chi connectivity index (χ0n) is 3.72. The van der Waals surface area contributed by atoms with Crippen molar-refractivity contribution in [2.24, 2.45) is 0 Å². The fraction of sp³-hybridized carbons (Fsp3) is 0. The van der Waals surface area contributed by atoms with Gasteiger partial charge in [0.25, 0.3) is 0 Å². The van der Waals surface area contributed by atoms with Gasteiger partial charge >= 0.3 is 2.85 Å². The van der Waals surface area contributed by atoms with Crippen LogP contribution >= 0.6 is 0 Å². The van der Waals surface area contributed by atoms with Gasteiger partial charge in [-0.15, -0.1) is 0 Å². The van der Waals surface area contributed by atoms with Gasteiger partial charge in [0.05, 0.1) is 0 Å². The fourth-order valence-electron chi connectivity index (χ4n) is 0. The summed E-state index contributed by atoms with van der Waals surface area (Å²) in [6, 6.07) is 0. The van der Waals surface area contributed by atoms with Crippen LogP contribution in [0.25, 0.3) is 0 Å². The molecule has 0 aromatic rings. The fourth-order valence-corrected chi connectivity index (χ4v) is 0. The van der Waals surface area contributed by atoms with Crippen molar-refractivity contribution < 1.29 is 16.9 Å². The summed E-state index contributed by atoms with van der Waals surface area (Å²) < 4.78 is 8.52. The summed E-state index contributed by atoms with van der Waals surface area (Å²) in [5, 5.41) is 0. The Labute approximate surface area is 27.4 Å². The highest BCUT2D eigenvalue weighted by Crippen LogP contribution is 0.990. The minimum atomic E-state index is -3.63. The second kappa shape index (κ2) is 0.999. The summed E-state index contributed by atoms with van der Waals surface area (Å²) >= 11 is 0. The van der Waals surface area contributed by atoms with Crippen molar-refractivity contribution in [3.05, 3.63) is 0 Å². The molecule has 0 atom stereocenters. The van der Waals surface area contributed by atoms with Crippen LogP contribution in [0, 0.1) is 0 Å². The predicted molar refractivity (Wildman–Crippen MR) is 8.66 cm³/mol. The molecule has 0 unspecified atom stereocenters. The van der Waals surface area contributed by atoms with Crippen LogP contribution in [0.2, 0.25) is 0 Å². The second-order valence-electron chi connectivity index (χ2n) is 0.250. The zero-order valence-corrected chi connectivity index (χ0v) is 2.72. The van der Waals surface area contributed by atoms with Crippen LogP contribution in [0.4, 0.5) is 0 Å². The van der Waals surface area contributed by atoms with Gasteiger partial charge in [0.2, 0.25) is 0 Å². The minimum absolute atomic E-state index is 0. The molecule has 4 heavy (non-hydrogen) atoms. The summed E-state index contributed by atoms with van der Waals surface area (Å²) in [5.74, 6) is 0. The lowest BCUT2D eigenvalue weighted by Gasteiger charge is -1.94. The lowest BCUT2D eigenvalue weighted by atomic mass is 15.8. The van der Waals surface area contributed by atoms with Gasteiger partial charge in [-0.05, 0) is 0 Å². The molecule has 0 aliphatic heterocycles. The second-order valence-corrected chi connectivity index (χ2v) is 0.750. The largest absolute Gasteiger partial charge is 1.00 e. The SMILES string of the molecule is O=[Si]([O-])[O-].[H+].[H+]. The van der Waals surface area contributed by atoms with Gasteiger partial charge in [-0.1, -0.05) is 0 Å². The van der Waals surface area contributed by atoms with Gasteiger partial charge in [0, 0.05) is 9.17 Å². The Morgan fingerprint density at radius 1 is 1.75 bits per heavy atom. The van der Waals surface area contributed by atoms with Crippen LogP contribution in [0.15, 0.2) is 0 Å². The van der Waals surface area contributed by atoms with Crippen molar-refractivity contribution in [1.29, 1.82) is 0 Å². The molecule has 0 bridgehead atoms. The van der Waals surface area contributed by atoms with E-state index in [0.29, 0.717) is 0 Å². The monoisotopic (exact) mass is 78.0 g/mol. The maximum Gasteiger partial charge on any atom is 1.00 e. The van der Waals surface area contributed by atoms with Crippen LogP contribution in [-0.2, 0) is 4.46 Å². The topological polar surface area (TPSA) is 63.2 Å². The van der Waals surface area contributed by atoms with Crippen LogP contribution in [0.1, 0.15) is 2.85 Å². The maximum absolute atomic E-state index is 8.52. The molecule has 0 amide bonds. The molecule has 24 valence electrons. The van der Waals surface area contributed by atoms with Crippen molar-refractivity contribution in [3.8, 4) is 0 Å². The molecule has 0 heterocycles. The summed E-state index contributed by atoms with van der Waals surface area (Å²) in [6.45, 7) is 0. The highest BCUT2D eigenvalue weighted by Gasteiger charge is 1.29. The molecule has 0 fully saturated rings. The molecule has 0 rings (SSSR count). The number of hydrogen-bond donors (Lipinski definition) is 0. The smallest absolute Gasteiger partial charge is 0.672 e. The molecule has 0 aliphatic rings. The van der Waals surface area contributed by atoms with E-state index >= 15 is 0 Å². The van der Waals surface area contributed by atoms with Crippen molar-refractivity contribution in [2.45, 2.75) is 0 Å². The molecule has 0 saturated carbocycles. The molecule has 0 N–H and O–H groups in total. The summed E-state index contributed by atoms with van der Waals surface area (Å²) in [7, 11) is -3.63. The molecular weight excluding hydrogens is 76.1 g/mol. The molecule has 0 aromatic heterocycles. The van der Waals surface area contributed by atoms with Gasteiger partial charge < -0.3 is 14.1 Å². The summed E-state index contributed by atoms with van der Waals surface area (Å²) in [5.41, 5.74) is 0. The predicted octanol–water partition coefficient (Wildman–Crippen LogP) is -2.65. The molecule has 4 heteroatoms. The van der Waals surface area contributed by atoms with E-state index in [9.17, 15) is 0 Å². The van der Waals surface area contributed by atoms with Crippen molar-refractivity contribution in [1.82, 2.24) is 0 Å². The van der Waals surface area contributed by atoms with Gasteiger partial charge in [-0.25, -0.2) is 0 Å². The molecule has 0 saturated heterocycles. The number of hydrogen-bond acceptors (Lipinski definition) is 3. The van der Waals surface area contributed by atoms with Crippen LogP contribution in [0.5, 0.6) is 0 Å². The normalized spacial score (nSPS) is 6.00. The standard InChI is InChI=1S/O3Si/c1-4(2)3/q-2/p+2. The third kappa shape index (κ3) is 4.19. The van der Waals surface area contributed by atoms with Crippen molar-refractivity contribution in [2.75, 3.05) is 0 Å². The van der Waals surface area contributed by atoms with Crippen LogP contribution < -0.4 is 9.59 Å². The Hall–Kier alpha value is -0.383. The highest BCUT2D eigenvalue weighted by molar-refractivity contribution is 6.17. The first-order valence-corrected chi connectivity index (χ1v) is 1.84. The van der Waals surface area contributed by atoms with E-state index in [1.165, 1.54) is 0 Å². The molecular formula is H2O3Si. The van der Waals surface area contributed by atoms with Crippen molar-refractivity contribution >= 4 is 9.17 Å². The first kappa shape index (κ1) is 3.62. The van der Waals surface area contributed by atoms with E-state index in [1.54, 1.807) is 0 Å². The molecule has 0 spiro atoms. The molecule has 0 aromatic carbocycles. The van der Waals surface area contributed by atoms with Crippen molar-refractivity contribution in [3.63, 3.8) is 0 Å². The lowest BCUT2D eigenvalue weighted by Crippen LogP contribution is -2.34. The third-order valence-corrected chi connectivity index (χ3v) is 0. The van der Waals surface area contributed by atoms with E-state index in [-0.39, 0.29) is 2.85 Å². The van der Waals surface area contributed by atoms with Crippen LogP contribution in [-0.4, -0.2) is 9.17 Å². The molecule has 0 aliphatic carbocycles. The Morgan fingerprint density at radius 3 is 1.75 bits per heavy atom. The van der Waals surface area contributed by atoms with Gasteiger partial charge in [0.1, 0.15) is 0 Å². The van der Waals surface area contributed by atoms with E-state index in [0.717, 1.165) is 0 Å². The Balaban J connectivity index is -0.0000000450. The van der Waals surface area contributed by atoms with Gasteiger partial charge in [-0.3, -0.25) is 0 Å². The summed E-state index contributed by atoms with van der Waals surface area (Å²) in [4.78, 5) is 17.0. The molecule has 0 radical (unpaired) electrons. The van der Waals surface area contributed by atoms with E-state index in [1.807, 2.05) is 0 Å². The van der Waals surface area contributed by atoms with Gasteiger partial charge in [-0.2, -0.15) is 0 Å². The first-order valence-electron chi connectivity index (χ1n) is 0.612. The highest BCUT2D eigenvalue weighted by atomic mass is 28.3. The average molecular weight is 78.1 g/mol. The third-order valence-electron chi connectivity index (χ3n) is 0. The van der Waals surface area contributed by atoms with Crippen LogP contribution in [0.3, 0.4) is 0 Å². The van der Waals surface area contributed by atoms with Gasteiger partial charge in [0.15, 0.2) is 0 Å². The van der Waals surface area contributed by atoms with E-state index in [2.05, 4.69) is 0 Å². The number of rotatable bonds is 0. The van der Waals surface area contributed by atoms with E-state index in [4.69, 9.17) is 14.1 Å².